The fourth-order valence-corrected chi connectivity index (χ4v) is 10.3. The maximum atomic E-state index is 13.9. The number of hydrogen-bond donors (Lipinski definition) is 4. The van der Waals surface area contributed by atoms with E-state index < -0.39 is 59.0 Å². The molecule has 0 fully saturated rings. The minimum atomic E-state index is -4.48. The van der Waals surface area contributed by atoms with Gasteiger partial charge >= 0.3 is 12.4 Å². The first-order valence-electron chi connectivity index (χ1n) is 31.3. The minimum Gasteiger partial charge on any atom is -0.481 e. The monoisotopic (exact) mass is 1450 g/mol. The summed E-state index contributed by atoms with van der Waals surface area (Å²) in [5.41, 5.74) is 29.5. The van der Waals surface area contributed by atoms with Gasteiger partial charge in [-0.2, -0.15) is 40.1 Å². The van der Waals surface area contributed by atoms with Gasteiger partial charge in [0.25, 0.3) is 23.6 Å². The van der Waals surface area contributed by atoms with Gasteiger partial charge in [0.1, 0.15) is 25.3 Å². The molecular weight excluding hydrogens is 1390 g/mol. The fraction of sp³-hybridized carbons (Fsp3) is 0.122. The Labute approximate surface area is 598 Å². The molecule has 0 saturated heterocycles. The van der Waals surface area contributed by atoms with E-state index in [1.54, 1.807) is 62.8 Å². The SMILES string of the molecule is COc1ccc(/C(=C\n2cnc(-c3cc(C)cc(C(F)(F)F)c3)n2)C(N)=O)cn1.Cc1cc(-c2ncn(/C=C(/C(N)=O)c3ccncc3)n2)cc(C(F)(F)F)c1.Cc1cc(C)cc(-c2ncn(/C=C(/C(N)=O)c3ccc(F)nc3F)n2)c1.Cc1cc(C)cc(-c2ncn(/C=C(/C(N)=O)c3ccccc3)n2)c1. The second-order valence-corrected chi connectivity index (χ2v) is 23.4. The van der Waals surface area contributed by atoms with Crippen LogP contribution in [0.5, 0.6) is 5.88 Å². The molecule has 0 atom stereocenters. The number of methoxy groups -OCH3 is 1. The molecule has 4 amide bonds. The molecule has 0 aliphatic heterocycles. The lowest BCUT2D eigenvalue weighted by atomic mass is 10.1. The number of hydrogen-bond acceptors (Lipinski definition) is 16. The molecule has 7 aromatic heterocycles. The Morgan fingerprint density at radius 1 is 0.406 bits per heavy atom. The average molecular weight is 1450 g/mol. The number of aryl methyl sites for hydroxylation is 6. The van der Waals surface area contributed by atoms with Crippen molar-refractivity contribution in [3.63, 3.8) is 0 Å². The number of pyridine rings is 3. The van der Waals surface area contributed by atoms with Crippen molar-refractivity contribution in [1.82, 2.24) is 74.0 Å². The summed E-state index contributed by atoms with van der Waals surface area (Å²) in [4.78, 5) is 74.6. The van der Waals surface area contributed by atoms with Crippen LogP contribution in [-0.4, -0.2) is 105 Å². The maximum Gasteiger partial charge on any atom is 0.416 e. The van der Waals surface area contributed by atoms with Crippen molar-refractivity contribution < 1.29 is 59.0 Å². The molecule has 0 spiro atoms. The van der Waals surface area contributed by atoms with Crippen LogP contribution in [0.1, 0.15) is 66.8 Å². The summed E-state index contributed by atoms with van der Waals surface area (Å²) in [5, 5.41) is 17.0. The molecule has 12 aromatic rings. The van der Waals surface area contributed by atoms with E-state index >= 15 is 0 Å². The van der Waals surface area contributed by atoms with Crippen molar-refractivity contribution in [2.45, 2.75) is 53.9 Å². The van der Waals surface area contributed by atoms with E-state index in [1.165, 1.54) is 82.0 Å². The van der Waals surface area contributed by atoms with E-state index in [-0.39, 0.29) is 45.1 Å². The molecule has 0 aliphatic rings. The molecular formula is C74H63F8N19O5. The van der Waals surface area contributed by atoms with Crippen molar-refractivity contribution in [3.8, 4) is 51.4 Å². The summed E-state index contributed by atoms with van der Waals surface area (Å²) in [7, 11) is 1.46. The number of nitrogens with two attached hydrogens (primary N) is 4. The zero-order chi connectivity index (χ0) is 76.7. The predicted octanol–water partition coefficient (Wildman–Crippen LogP) is 12.1. The Morgan fingerprint density at radius 3 is 1.09 bits per heavy atom. The summed E-state index contributed by atoms with van der Waals surface area (Å²) in [6.07, 6.45) is 6.45. The minimum absolute atomic E-state index is 0.0760. The molecule has 0 aliphatic carbocycles. The number of benzene rings is 5. The molecule has 0 radical (unpaired) electrons. The number of primary amides is 4. The third-order valence-electron chi connectivity index (χ3n) is 14.9. The summed E-state index contributed by atoms with van der Waals surface area (Å²) in [6, 6.07) is 36.8. The Hall–Kier alpha value is -13.8. The van der Waals surface area contributed by atoms with Gasteiger partial charge in [-0.25, -0.2) is 43.6 Å². The quantitative estimate of drug-likeness (QED) is 0.0374. The van der Waals surface area contributed by atoms with Gasteiger partial charge in [0.2, 0.25) is 17.8 Å². The van der Waals surface area contributed by atoms with Crippen LogP contribution in [0.4, 0.5) is 35.1 Å². The first-order chi connectivity index (χ1) is 50.3. The van der Waals surface area contributed by atoms with E-state index in [0.29, 0.717) is 45.4 Å². The highest BCUT2D eigenvalue weighted by Gasteiger charge is 2.33. The fourth-order valence-electron chi connectivity index (χ4n) is 10.3. The van der Waals surface area contributed by atoms with Crippen molar-refractivity contribution in [2.75, 3.05) is 7.11 Å². The summed E-state index contributed by atoms with van der Waals surface area (Å²) < 4.78 is 115. The standard InChI is InChI=1S/C19H16F3N5O2.C19H18N4O.C18H14F3N5O.C18H15F2N5O/c1-11-5-13(7-14(6-11)19(20,21)22)18-25-10-27(26-18)9-15(17(23)28)12-3-4-16(29-2)24-8-12;1-13-8-14(2)10-16(9-13)19-21-12-23(22-19)11-17(18(20)24)15-6-4-3-5-7-15;1-11-6-13(8-14(7-11)18(19,20)21)17-24-10-26(25-17)9-15(16(22)27)12-2-4-23-5-3-12;1-10-5-11(2)7-12(6-10)18-22-9-25(24-18)8-14(17(21)26)13-3-4-15(19)23-16(13)20/h3-10H,1-2H3,(H2,23,28);3-12H,1-2H3,(H2,20,24);2-10H,1H3,(H2,22,27);3-9H,1-2H3,(H2,21,26)/b15-9+;17-11+;15-9+;14-8+. The largest absolute Gasteiger partial charge is 0.481 e. The average Bonchev–Trinajstić information content (AvgIpc) is 1.69. The molecule has 5 aromatic carbocycles. The highest BCUT2D eigenvalue weighted by Crippen LogP contribution is 2.35. The number of nitrogens with zero attached hydrogens (tertiary/aromatic N) is 15. The first kappa shape index (κ1) is 76.4. The van der Waals surface area contributed by atoms with Gasteiger partial charge in [-0.1, -0.05) is 64.7 Å². The van der Waals surface area contributed by atoms with Crippen LogP contribution in [0.2, 0.25) is 0 Å². The molecule has 0 unspecified atom stereocenters. The molecule has 12 rings (SSSR count). The van der Waals surface area contributed by atoms with E-state index in [4.69, 9.17) is 27.7 Å². The van der Waals surface area contributed by atoms with E-state index in [0.717, 1.165) is 75.3 Å². The Kier molecular flexibility index (Phi) is 24.0. The van der Waals surface area contributed by atoms with Crippen LogP contribution < -0.4 is 27.7 Å². The lowest BCUT2D eigenvalue weighted by molar-refractivity contribution is -0.138. The number of aromatic nitrogens is 15. The van der Waals surface area contributed by atoms with Crippen LogP contribution in [0.3, 0.4) is 0 Å². The number of carbonyl (C=O) groups is 4. The van der Waals surface area contributed by atoms with E-state index in [9.17, 15) is 54.3 Å². The van der Waals surface area contributed by atoms with Gasteiger partial charge in [0.15, 0.2) is 23.3 Å². The smallest absolute Gasteiger partial charge is 0.416 e. The van der Waals surface area contributed by atoms with Crippen LogP contribution in [0.25, 0.3) is 92.6 Å². The summed E-state index contributed by atoms with van der Waals surface area (Å²) in [5.74, 6) is -3.38. The molecule has 540 valence electrons. The van der Waals surface area contributed by atoms with Gasteiger partial charge < -0.3 is 27.7 Å². The zero-order valence-electron chi connectivity index (χ0n) is 57.2. The topological polar surface area (TPSA) is 343 Å². The summed E-state index contributed by atoms with van der Waals surface area (Å²) >= 11 is 0. The van der Waals surface area contributed by atoms with Crippen LogP contribution >= 0.6 is 0 Å². The van der Waals surface area contributed by atoms with E-state index in [2.05, 4.69) is 61.3 Å². The van der Waals surface area contributed by atoms with Crippen LogP contribution in [0.15, 0.2) is 183 Å². The van der Waals surface area contributed by atoms with Gasteiger partial charge in [-0.05, 0) is 155 Å². The van der Waals surface area contributed by atoms with Crippen molar-refractivity contribution in [2.24, 2.45) is 22.9 Å². The third kappa shape index (κ3) is 20.5. The maximum absolute atomic E-state index is 13.9. The van der Waals surface area contributed by atoms with Gasteiger partial charge in [0, 0.05) is 82.8 Å². The van der Waals surface area contributed by atoms with Crippen LogP contribution in [-0.2, 0) is 31.5 Å². The van der Waals surface area contributed by atoms with Gasteiger partial charge in [-0.3, -0.25) is 24.2 Å². The van der Waals surface area contributed by atoms with Crippen molar-refractivity contribution >= 4 is 70.7 Å². The number of carbonyl (C=O) groups excluding carboxylic acids is 4. The normalized spacial score (nSPS) is 11.9. The second-order valence-electron chi connectivity index (χ2n) is 23.4. The highest BCUT2D eigenvalue weighted by atomic mass is 19.4. The zero-order valence-corrected chi connectivity index (χ0v) is 57.2. The van der Waals surface area contributed by atoms with Crippen LogP contribution in [0, 0.1) is 53.4 Å². The predicted molar refractivity (Wildman–Crippen MR) is 379 cm³/mol. The summed E-state index contributed by atoms with van der Waals surface area (Å²) in [6.45, 7) is 11.1. The van der Waals surface area contributed by atoms with Crippen molar-refractivity contribution in [1.29, 1.82) is 0 Å². The lowest BCUT2D eigenvalue weighted by Crippen LogP contribution is -2.15. The number of ether oxygens (including phenoxy) is 1. The molecule has 24 nitrogen and oxygen atoms in total. The number of rotatable bonds is 17. The van der Waals surface area contributed by atoms with E-state index in [1.807, 2.05) is 88.4 Å². The Bertz CT molecular complexity index is 5290. The lowest BCUT2D eigenvalue weighted by Gasteiger charge is -2.09. The van der Waals surface area contributed by atoms with Gasteiger partial charge in [0.05, 0.1) is 40.5 Å². The molecule has 7 heterocycles. The third-order valence-corrected chi connectivity index (χ3v) is 14.9. The molecule has 0 saturated carbocycles. The second kappa shape index (κ2) is 33.3. The highest BCUT2D eigenvalue weighted by molar-refractivity contribution is 6.24. The molecule has 0 bridgehead atoms. The number of halogens is 8. The van der Waals surface area contributed by atoms with Gasteiger partial charge in [-0.15, -0.1) is 20.4 Å². The Morgan fingerprint density at radius 2 is 0.755 bits per heavy atom. The molecule has 106 heavy (non-hydrogen) atoms. The van der Waals surface area contributed by atoms with Crippen molar-refractivity contribution in [3.05, 3.63) is 262 Å². The first-order valence-corrected chi connectivity index (χ1v) is 31.3. The number of alkyl halides is 6. The molecule has 8 N–H and O–H groups in total. The molecule has 32 heteroatoms. The Balaban J connectivity index is 0.000000164. The number of amides is 4.